The van der Waals surface area contributed by atoms with Crippen LogP contribution in [0.25, 0.3) is 22.6 Å². The third-order valence-corrected chi connectivity index (χ3v) is 5.61. The molecule has 0 bridgehead atoms. The second-order valence-electron chi connectivity index (χ2n) is 8.64. The van der Waals surface area contributed by atoms with Gasteiger partial charge in [-0.15, -0.1) is 0 Å². The monoisotopic (exact) mass is 470 g/mol. The first-order valence-electron chi connectivity index (χ1n) is 10.8. The molecule has 35 heavy (non-hydrogen) atoms. The van der Waals surface area contributed by atoms with E-state index < -0.39 is 17.0 Å². The zero-order chi connectivity index (χ0) is 25.3. The van der Waals surface area contributed by atoms with Crippen LogP contribution < -0.4 is 11.3 Å². The van der Waals surface area contributed by atoms with E-state index in [2.05, 4.69) is 21.0 Å². The molecule has 176 valence electrons. The summed E-state index contributed by atoms with van der Waals surface area (Å²) in [6, 6.07) is 15.2. The third kappa shape index (κ3) is 4.78. The number of nitrogen functional groups attached to an aromatic ring is 1. The molecule has 0 radical (unpaired) electrons. The number of nitrogens with zero attached hydrogens (tertiary/aromatic N) is 5. The van der Waals surface area contributed by atoms with Crippen LogP contribution in [0.3, 0.4) is 0 Å². The molecular weight excluding hydrogens is 447 g/mol. The Kier molecular flexibility index (Phi) is 6.16. The molecule has 4 rings (SSSR count). The average Bonchev–Trinajstić information content (AvgIpc) is 2.82. The maximum absolute atomic E-state index is 14.9. The molecule has 8 nitrogen and oxygen atoms in total. The first kappa shape index (κ1) is 23.7. The maximum Gasteiger partial charge on any atom is 0.251 e. The van der Waals surface area contributed by atoms with Crippen LogP contribution in [0.2, 0.25) is 0 Å². The standard InChI is InChI=1S/C26H23FN6O2/c1-15-17(13-28)6-4-8-19(15)25-31-23(22(27)24(29)32-25)16-10-11-33(21(34)12-16)14-18-7-5-9-20(30-18)26(2,3)35/h4-12,35H,14H2,1-3H3,(H2,29,31,32). The number of nitriles is 1. The van der Waals surface area contributed by atoms with Crippen LogP contribution in [0.5, 0.6) is 0 Å². The molecule has 0 aliphatic heterocycles. The van der Waals surface area contributed by atoms with Gasteiger partial charge in [-0.05, 0) is 50.6 Å². The predicted molar refractivity (Wildman–Crippen MR) is 130 cm³/mol. The Bertz CT molecular complexity index is 1530. The van der Waals surface area contributed by atoms with Crippen LogP contribution >= 0.6 is 0 Å². The Morgan fingerprint density at radius 1 is 1.14 bits per heavy atom. The van der Waals surface area contributed by atoms with Gasteiger partial charge in [0.05, 0.1) is 29.6 Å². The number of nitrogens with two attached hydrogens (primary N) is 1. The van der Waals surface area contributed by atoms with Gasteiger partial charge >= 0.3 is 0 Å². The number of halogens is 1. The van der Waals surface area contributed by atoms with E-state index in [4.69, 9.17) is 5.73 Å². The number of aromatic nitrogens is 4. The molecule has 0 aliphatic carbocycles. The lowest BCUT2D eigenvalue weighted by Crippen LogP contribution is -2.22. The summed E-state index contributed by atoms with van der Waals surface area (Å²) in [5, 5.41) is 19.5. The van der Waals surface area contributed by atoms with E-state index in [1.165, 1.54) is 16.8 Å². The van der Waals surface area contributed by atoms with Crippen LogP contribution in [0.15, 0.2) is 59.5 Å². The molecule has 0 fully saturated rings. The number of rotatable bonds is 5. The Labute approximate surface area is 201 Å². The highest BCUT2D eigenvalue weighted by atomic mass is 19.1. The van der Waals surface area contributed by atoms with Gasteiger partial charge in [0.25, 0.3) is 5.56 Å². The van der Waals surface area contributed by atoms with Crippen molar-refractivity contribution in [3.8, 4) is 28.7 Å². The molecule has 1 aromatic carbocycles. The molecule has 3 heterocycles. The van der Waals surface area contributed by atoms with E-state index in [0.717, 1.165) is 0 Å². The number of hydrogen-bond acceptors (Lipinski definition) is 7. The zero-order valence-corrected chi connectivity index (χ0v) is 19.5. The van der Waals surface area contributed by atoms with Crippen molar-refractivity contribution >= 4 is 5.82 Å². The number of anilines is 1. The van der Waals surface area contributed by atoms with Crippen molar-refractivity contribution in [3.63, 3.8) is 0 Å². The summed E-state index contributed by atoms with van der Waals surface area (Å²) in [7, 11) is 0. The molecule has 0 spiro atoms. The average molecular weight is 471 g/mol. The SMILES string of the molecule is Cc1c(C#N)cccc1-c1nc(N)c(F)c(-c2ccn(Cc3cccc(C(C)(C)O)n3)c(=O)c2)n1. The lowest BCUT2D eigenvalue weighted by molar-refractivity contribution is 0.0736. The van der Waals surface area contributed by atoms with Crippen LogP contribution in [-0.4, -0.2) is 24.6 Å². The largest absolute Gasteiger partial charge is 0.384 e. The van der Waals surface area contributed by atoms with Gasteiger partial charge in [0.1, 0.15) is 11.3 Å². The summed E-state index contributed by atoms with van der Waals surface area (Å²) in [6.07, 6.45) is 1.52. The van der Waals surface area contributed by atoms with Crippen LogP contribution in [0.1, 0.15) is 36.4 Å². The fourth-order valence-electron chi connectivity index (χ4n) is 3.64. The minimum Gasteiger partial charge on any atom is -0.384 e. The fourth-order valence-corrected chi connectivity index (χ4v) is 3.64. The van der Waals surface area contributed by atoms with Gasteiger partial charge < -0.3 is 15.4 Å². The van der Waals surface area contributed by atoms with E-state index in [9.17, 15) is 19.6 Å². The summed E-state index contributed by atoms with van der Waals surface area (Å²) in [4.78, 5) is 25.7. The van der Waals surface area contributed by atoms with Gasteiger partial charge in [-0.1, -0.05) is 18.2 Å². The predicted octanol–water partition coefficient (Wildman–Crippen LogP) is 3.54. The van der Waals surface area contributed by atoms with Gasteiger partial charge in [-0.3, -0.25) is 9.78 Å². The highest BCUT2D eigenvalue weighted by Gasteiger charge is 2.19. The van der Waals surface area contributed by atoms with E-state index in [1.807, 2.05) is 0 Å². The lowest BCUT2D eigenvalue weighted by Gasteiger charge is -2.17. The molecule has 3 N–H and O–H groups in total. The van der Waals surface area contributed by atoms with Crippen molar-refractivity contribution in [1.82, 2.24) is 19.5 Å². The van der Waals surface area contributed by atoms with Gasteiger partial charge in [-0.25, -0.2) is 14.4 Å². The second-order valence-corrected chi connectivity index (χ2v) is 8.64. The highest BCUT2D eigenvalue weighted by Crippen LogP contribution is 2.29. The van der Waals surface area contributed by atoms with E-state index >= 15 is 0 Å². The lowest BCUT2D eigenvalue weighted by atomic mass is 10.0. The molecule has 0 saturated heterocycles. The van der Waals surface area contributed by atoms with E-state index in [-0.39, 0.29) is 29.4 Å². The number of benzene rings is 1. The van der Waals surface area contributed by atoms with Crippen molar-refractivity contribution < 1.29 is 9.50 Å². The van der Waals surface area contributed by atoms with Crippen LogP contribution in [0.4, 0.5) is 10.2 Å². The number of hydrogen-bond donors (Lipinski definition) is 2. The Morgan fingerprint density at radius 2 is 1.89 bits per heavy atom. The summed E-state index contributed by atoms with van der Waals surface area (Å²) < 4.78 is 16.3. The van der Waals surface area contributed by atoms with Crippen molar-refractivity contribution in [2.45, 2.75) is 32.9 Å². The minimum absolute atomic E-state index is 0.110. The van der Waals surface area contributed by atoms with Crippen molar-refractivity contribution in [3.05, 3.63) is 93.4 Å². The number of aliphatic hydroxyl groups is 1. The normalized spacial score (nSPS) is 11.3. The molecule has 0 aliphatic rings. The number of pyridine rings is 2. The molecule has 9 heteroatoms. The smallest absolute Gasteiger partial charge is 0.251 e. The minimum atomic E-state index is -1.11. The van der Waals surface area contributed by atoms with Crippen molar-refractivity contribution in [2.75, 3.05) is 5.73 Å². The molecule has 3 aromatic heterocycles. The Balaban J connectivity index is 1.73. The van der Waals surface area contributed by atoms with Gasteiger partial charge in [0.2, 0.25) is 0 Å². The van der Waals surface area contributed by atoms with Crippen LogP contribution in [0, 0.1) is 24.1 Å². The van der Waals surface area contributed by atoms with Gasteiger partial charge in [0.15, 0.2) is 17.5 Å². The zero-order valence-electron chi connectivity index (χ0n) is 19.5. The quantitative estimate of drug-likeness (QED) is 0.456. The highest BCUT2D eigenvalue weighted by molar-refractivity contribution is 5.70. The fraction of sp³-hybridized carbons (Fsp3) is 0.192. The molecule has 0 unspecified atom stereocenters. The molecule has 4 aromatic rings. The van der Waals surface area contributed by atoms with Crippen LogP contribution in [-0.2, 0) is 12.1 Å². The first-order valence-corrected chi connectivity index (χ1v) is 10.8. The summed E-state index contributed by atoms with van der Waals surface area (Å²) in [6.45, 7) is 5.18. The molecular formula is C26H23FN6O2. The third-order valence-electron chi connectivity index (χ3n) is 5.61. The van der Waals surface area contributed by atoms with Gasteiger partial charge in [0, 0.05) is 23.4 Å². The summed E-state index contributed by atoms with van der Waals surface area (Å²) >= 11 is 0. The molecule has 0 amide bonds. The van der Waals surface area contributed by atoms with Crippen molar-refractivity contribution in [2.24, 2.45) is 0 Å². The first-order chi connectivity index (χ1) is 16.6. The molecule has 0 atom stereocenters. The maximum atomic E-state index is 14.9. The van der Waals surface area contributed by atoms with E-state index in [0.29, 0.717) is 28.1 Å². The topological polar surface area (TPSA) is 131 Å². The Morgan fingerprint density at radius 3 is 2.57 bits per heavy atom. The summed E-state index contributed by atoms with van der Waals surface area (Å²) in [5.74, 6) is -1.03. The summed E-state index contributed by atoms with van der Waals surface area (Å²) in [5.41, 5.74) is 7.17. The second kappa shape index (κ2) is 9.08. The van der Waals surface area contributed by atoms with E-state index in [1.54, 1.807) is 63.2 Å². The van der Waals surface area contributed by atoms with Crippen molar-refractivity contribution in [1.29, 1.82) is 5.26 Å². The molecule has 0 saturated carbocycles. The van der Waals surface area contributed by atoms with Gasteiger partial charge in [-0.2, -0.15) is 5.26 Å². The Hall–Kier alpha value is -4.42.